The third-order valence-corrected chi connectivity index (χ3v) is 3.54. The molecule has 1 aromatic heterocycles. The molecule has 0 saturated carbocycles. The zero-order valence-electron chi connectivity index (χ0n) is 14.9. The fourth-order valence-corrected chi connectivity index (χ4v) is 2.20. The SMILES string of the molecule is CN(C)CCCNc1nc(NCc2ccc(F)c(F)c2)cc(C(F)(F)F)n1. The molecule has 0 aliphatic heterocycles. The molecule has 2 N–H and O–H groups in total. The maximum Gasteiger partial charge on any atom is 0.433 e. The van der Waals surface area contributed by atoms with Crippen LogP contribution >= 0.6 is 0 Å². The summed E-state index contributed by atoms with van der Waals surface area (Å²) in [5.74, 6) is -2.26. The molecule has 10 heteroatoms. The highest BCUT2D eigenvalue weighted by atomic mass is 19.4. The molecule has 27 heavy (non-hydrogen) atoms. The second-order valence-corrected chi connectivity index (χ2v) is 6.15. The van der Waals surface area contributed by atoms with Gasteiger partial charge in [-0.1, -0.05) is 6.07 Å². The molecule has 2 rings (SSSR count). The van der Waals surface area contributed by atoms with E-state index in [-0.39, 0.29) is 18.3 Å². The highest BCUT2D eigenvalue weighted by Gasteiger charge is 2.33. The smallest absolute Gasteiger partial charge is 0.366 e. The molecule has 148 valence electrons. The minimum atomic E-state index is -4.64. The van der Waals surface area contributed by atoms with Crippen LogP contribution < -0.4 is 10.6 Å². The Morgan fingerprint density at radius 3 is 2.37 bits per heavy atom. The van der Waals surface area contributed by atoms with E-state index in [9.17, 15) is 22.0 Å². The number of nitrogens with one attached hydrogen (secondary N) is 2. The van der Waals surface area contributed by atoms with Gasteiger partial charge in [-0.25, -0.2) is 13.8 Å². The summed E-state index contributed by atoms with van der Waals surface area (Å²) in [6.07, 6.45) is -3.94. The van der Waals surface area contributed by atoms with E-state index in [2.05, 4.69) is 20.6 Å². The molecule has 0 atom stereocenters. The summed E-state index contributed by atoms with van der Waals surface area (Å²) in [5.41, 5.74) is -0.734. The van der Waals surface area contributed by atoms with Gasteiger partial charge in [0, 0.05) is 19.2 Å². The third-order valence-electron chi connectivity index (χ3n) is 3.54. The van der Waals surface area contributed by atoms with Crippen molar-refractivity contribution >= 4 is 11.8 Å². The molecule has 0 radical (unpaired) electrons. The van der Waals surface area contributed by atoms with Crippen LogP contribution in [0.1, 0.15) is 17.7 Å². The van der Waals surface area contributed by atoms with E-state index in [1.165, 1.54) is 6.07 Å². The number of aromatic nitrogens is 2. The molecular weight excluding hydrogens is 369 g/mol. The quantitative estimate of drug-likeness (QED) is 0.532. The molecule has 1 aromatic carbocycles. The average molecular weight is 389 g/mol. The first kappa shape index (κ1) is 20.8. The van der Waals surface area contributed by atoms with E-state index in [1.54, 1.807) is 0 Å². The maximum atomic E-state index is 13.2. The van der Waals surface area contributed by atoms with Gasteiger partial charge in [0.1, 0.15) is 5.82 Å². The lowest BCUT2D eigenvalue weighted by Gasteiger charge is -2.14. The van der Waals surface area contributed by atoms with Crippen molar-refractivity contribution in [2.24, 2.45) is 0 Å². The Morgan fingerprint density at radius 2 is 1.74 bits per heavy atom. The predicted octanol–water partition coefficient (Wildman–Crippen LogP) is 3.75. The van der Waals surface area contributed by atoms with Gasteiger partial charge in [-0.3, -0.25) is 0 Å². The molecular formula is C17H20F5N5. The normalized spacial score (nSPS) is 11.7. The number of hydrogen-bond donors (Lipinski definition) is 2. The maximum absolute atomic E-state index is 13.2. The van der Waals surface area contributed by atoms with Gasteiger partial charge >= 0.3 is 6.18 Å². The van der Waals surface area contributed by atoms with E-state index in [1.807, 2.05) is 19.0 Å². The fourth-order valence-electron chi connectivity index (χ4n) is 2.20. The Morgan fingerprint density at radius 1 is 1.00 bits per heavy atom. The van der Waals surface area contributed by atoms with Crippen molar-refractivity contribution in [1.82, 2.24) is 14.9 Å². The number of benzene rings is 1. The monoisotopic (exact) mass is 389 g/mol. The van der Waals surface area contributed by atoms with Crippen molar-refractivity contribution in [2.75, 3.05) is 37.8 Å². The second-order valence-electron chi connectivity index (χ2n) is 6.15. The lowest BCUT2D eigenvalue weighted by molar-refractivity contribution is -0.141. The minimum Gasteiger partial charge on any atom is -0.366 e. The Balaban J connectivity index is 2.11. The summed E-state index contributed by atoms with van der Waals surface area (Å²) in [5, 5.41) is 5.45. The van der Waals surface area contributed by atoms with Crippen LogP contribution in [0, 0.1) is 11.6 Å². The summed E-state index contributed by atoms with van der Waals surface area (Å²) in [4.78, 5) is 9.44. The summed E-state index contributed by atoms with van der Waals surface area (Å²) in [6, 6.07) is 4.02. The topological polar surface area (TPSA) is 53.1 Å². The van der Waals surface area contributed by atoms with Crippen LogP contribution in [0.5, 0.6) is 0 Å². The van der Waals surface area contributed by atoms with Gasteiger partial charge in [0.25, 0.3) is 0 Å². The first-order valence-electron chi connectivity index (χ1n) is 8.18. The molecule has 0 fully saturated rings. The Bertz CT molecular complexity index is 764. The van der Waals surface area contributed by atoms with Gasteiger partial charge in [0.2, 0.25) is 5.95 Å². The third kappa shape index (κ3) is 6.63. The van der Waals surface area contributed by atoms with E-state index in [0.717, 1.165) is 24.7 Å². The van der Waals surface area contributed by atoms with E-state index in [4.69, 9.17) is 0 Å². The van der Waals surface area contributed by atoms with Crippen molar-refractivity contribution in [3.63, 3.8) is 0 Å². The van der Waals surface area contributed by atoms with Crippen LogP contribution in [0.2, 0.25) is 0 Å². The highest BCUT2D eigenvalue weighted by Crippen LogP contribution is 2.29. The number of alkyl halides is 3. The predicted molar refractivity (Wildman–Crippen MR) is 92.4 cm³/mol. The van der Waals surface area contributed by atoms with Gasteiger partial charge in [0.15, 0.2) is 17.3 Å². The summed E-state index contributed by atoms with van der Waals surface area (Å²) >= 11 is 0. The molecule has 0 unspecified atom stereocenters. The molecule has 0 saturated heterocycles. The highest BCUT2D eigenvalue weighted by molar-refractivity contribution is 5.43. The Kier molecular flexibility index (Phi) is 6.89. The summed E-state index contributed by atoms with van der Waals surface area (Å²) in [6.45, 7) is 1.14. The average Bonchev–Trinajstić information content (AvgIpc) is 2.59. The molecule has 0 amide bonds. The fraction of sp³-hybridized carbons (Fsp3) is 0.412. The first-order valence-corrected chi connectivity index (χ1v) is 8.18. The molecule has 5 nitrogen and oxygen atoms in total. The number of rotatable bonds is 8. The van der Waals surface area contributed by atoms with Crippen molar-refractivity contribution in [1.29, 1.82) is 0 Å². The standard InChI is InChI=1S/C17H20F5N5/c1-27(2)7-3-6-23-16-25-14(17(20,21)22)9-15(26-16)24-10-11-4-5-12(18)13(19)8-11/h4-5,8-9H,3,6-7,10H2,1-2H3,(H2,23,24,25,26). The summed E-state index contributed by atoms with van der Waals surface area (Å²) in [7, 11) is 3.78. The molecule has 0 bridgehead atoms. The zero-order valence-corrected chi connectivity index (χ0v) is 14.9. The molecule has 0 aliphatic rings. The second kappa shape index (κ2) is 8.94. The number of anilines is 2. The largest absolute Gasteiger partial charge is 0.433 e. The molecule has 1 heterocycles. The number of nitrogens with zero attached hydrogens (tertiary/aromatic N) is 3. The lowest BCUT2D eigenvalue weighted by atomic mass is 10.2. The molecule has 0 aliphatic carbocycles. The van der Waals surface area contributed by atoms with Crippen LogP contribution in [-0.4, -0.2) is 42.1 Å². The van der Waals surface area contributed by atoms with E-state index in [0.29, 0.717) is 18.5 Å². The van der Waals surface area contributed by atoms with Crippen LogP contribution in [0.15, 0.2) is 24.3 Å². The van der Waals surface area contributed by atoms with E-state index < -0.39 is 23.5 Å². The van der Waals surface area contributed by atoms with Crippen LogP contribution in [0.4, 0.5) is 33.7 Å². The van der Waals surface area contributed by atoms with Crippen LogP contribution in [0.25, 0.3) is 0 Å². The van der Waals surface area contributed by atoms with Crippen LogP contribution in [0.3, 0.4) is 0 Å². The number of halogens is 5. The lowest BCUT2D eigenvalue weighted by Crippen LogP contribution is -2.18. The van der Waals surface area contributed by atoms with Gasteiger partial charge in [-0.05, 0) is 44.8 Å². The van der Waals surface area contributed by atoms with Gasteiger partial charge in [-0.2, -0.15) is 18.2 Å². The zero-order chi connectivity index (χ0) is 20.0. The minimum absolute atomic E-state index is 0.0222. The Hall–Kier alpha value is -2.49. The molecule has 0 spiro atoms. The first-order chi connectivity index (χ1) is 12.6. The van der Waals surface area contributed by atoms with E-state index >= 15 is 0 Å². The summed E-state index contributed by atoms with van der Waals surface area (Å²) < 4.78 is 65.3. The van der Waals surface area contributed by atoms with Crippen molar-refractivity contribution in [2.45, 2.75) is 19.1 Å². The van der Waals surface area contributed by atoms with Crippen molar-refractivity contribution in [3.8, 4) is 0 Å². The van der Waals surface area contributed by atoms with Crippen LogP contribution in [-0.2, 0) is 12.7 Å². The van der Waals surface area contributed by atoms with Crippen molar-refractivity contribution < 1.29 is 22.0 Å². The van der Waals surface area contributed by atoms with Gasteiger partial charge in [0.05, 0.1) is 0 Å². The van der Waals surface area contributed by atoms with Gasteiger partial charge < -0.3 is 15.5 Å². The molecule has 2 aromatic rings. The Labute approximate surface area is 153 Å². The van der Waals surface area contributed by atoms with Crippen molar-refractivity contribution in [3.05, 3.63) is 47.2 Å². The van der Waals surface area contributed by atoms with Gasteiger partial charge in [-0.15, -0.1) is 0 Å². The number of hydrogen-bond acceptors (Lipinski definition) is 5.